The smallest absolute Gasteiger partial charge is 0.407 e. The van der Waals surface area contributed by atoms with E-state index in [1.165, 1.54) is 17.2 Å². The number of anilines is 1. The Balaban J connectivity index is 1.65. The number of nitrogens with zero attached hydrogens (tertiary/aromatic N) is 5. The first kappa shape index (κ1) is 20.8. The zero-order chi connectivity index (χ0) is 21.8. The largest absolute Gasteiger partial charge is 0.475 e. The van der Waals surface area contributed by atoms with Crippen LogP contribution >= 0.6 is 0 Å². The van der Waals surface area contributed by atoms with Crippen molar-refractivity contribution in [1.29, 1.82) is 0 Å². The molecule has 1 saturated heterocycles. The number of imidazole rings is 1. The van der Waals surface area contributed by atoms with Gasteiger partial charge in [0.15, 0.2) is 5.82 Å². The molecule has 1 aliphatic heterocycles. The molecular formula is C20H23FN6O4. The Morgan fingerprint density at radius 2 is 2.23 bits per heavy atom. The van der Waals surface area contributed by atoms with Crippen LogP contribution in [0.25, 0.3) is 17.2 Å². The summed E-state index contributed by atoms with van der Waals surface area (Å²) in [4.78, 5) is 26.0. The Hall–Kier alpha value is -3.47. The molecule has 1 unspecified atom stereocenters. The second-order valence-electron chi connectivity index (χ2n) is 7.19. The summed E-state index contributed by atoms with van der Waals surface area (Å²) in [6.07, 6.45) is 3.51. The highest BCUT2D eigenvalue weighted by Gasteiger charge is 2.24. The number of methoxy groups -OCH3 is 1. The quantitative estimate of drug-likeness (QED) is 0.550. The molecule has 1 aliphatic rings. The number of rotatable bonds is 7. The number of amides is 1. The Kier molecular flexibility index (Phi) is 6.12. The van der Waals surface area contributed by atoms with Crippen molar-refractivity contribution in [3.8, 4) is 17.4 Å². The van der Waals surface area contributed by atoms with Crippen LogP contribution in [-0.2, 0) is 4.74 Å². The molecule has 0 bridgehead atoms. The molecule has 0 aliphatic carbocycles. The molecule has 10 nitrogen and oxygen atoms in total. The van der Waals surface area contributed by atoms with Crippen molar-refractivity contribution in [3.63, 3.8) is 0 Å². The minimum absolute atomic E-state index is 0.0981. The third-order valence-corrected chi connectivity index (χ3v) is 4.98. The zero-order valence-electron chi connectivity index (χ0n) is 17.0. The van der Waals surface area contributed by atoms with Gasteiger partial charge in [-0.25, -0.2) is 19.2 Å². The summed E-state index contributed by atoms with van der Waals surface area (Å²) in [7, 11) is 1.58. The highest BCUT2D eigenvalue weighted by molar-refractivity contribution is 5.65. The summed E-state index contributed by atoms with van der Waals surface area (Å²) in [5, 5.41) is 12.6. The van der Waals surface area contributed by atoms with E-state index in [2.05, 4.69) is 20.3 Å². The van der Waals surface area contributed by atoms with Crippen LogP contribution in [0.3, 0.4) is 0 Å². The van der Waals surface area contributed by atoms with Crippen LogP contribution in [0.1, 0.15) is 12.8 Å². The van der Waals surface area contributed by atoms with Crippen LogP contribution in [0.5, 0.6) is 5.88 Å². The van der Waals surface area contributed by atoms with Crippen LogP contribution in [0.2, 0.25) is 0 Å². The average Bonchev–Trinajstić information content (AvgIpc) is 3.17. The molecule has 164 valence electrons. The van der Waals surface area contributed by atoms with Crippen LogP contribution in [0.15, 0.2) is 30.6 Å². The maximum absolute atomic E-state index is 13.8. The molecule has 0 spiro atoms. The minimum Gasteiger partial charge on any atom is -0.475 e. The van der Waals surface area contributed by atoms with Crippen LogP contribution in [-0.4, -0.2) is 74.9 Å². The fourth-order valence-electron chi connectivity index (χ4n) is 3.51. The van der Waals surface area contributed by atoms with E-state index in [1.54, 1.807) is 29.8 Å². The zero-order valence-corrected chi connectivity index (χ0v) is 17.0. The lowest BCUT2D eigenvalue weighted by molar-refractivity contribution is 0.132. The summed E-state index contributed by atoms with van der Waals surface area (Å²) in [5.41, 5.74) is 1.06. The molecule has 0 aromatic carbocycles. The fraction of sp³-hybridized carbons (Fsp3) is 0.400. The first-order valence-electron chi connectivity index (χ1n) is 9.91. The van der Waals surface area contributed by atoms with Gasteiger partial charge in [-0.2, -0.15) is 4.98 Å². The van der Waals surface area contributed by atoms with Crippen molar-refractivity contribution in [2.24, 2.45) is 0 Å². The van der Waals surface area contributed by atoms with E-state index in [-0.39, 0.29) is 6.04 Å². The summed E-state index contributed by atoms with van der Waals surface area (Å²) in [5.74, 6) is 0.706. The summed E-state index contributed by atoms with van der Waals surface area (Å²) in [6, 6.07) is 4.46. The second-order valence-corrected chi connectivity index (χ2v) is 7.19. The standard InChI is InChI=1S/C20H23FN6O4/c1-30-7-8-31-18-9-16(23-14-3-2-6-26(12-14)20(28)29)24-19(25-18)15-10-22-17-5-4-13(21)11-27(15)17/h4-5,9-11,14H,2-3,6-8,12H2,1H3,(H,28,29)(H,23,24,25). The molecule has 11 heteroatoms. The predicted octanol–water partition coefficient (Wildman–Crippen LogP) is 2.51. The number of ether oxygens (including phenoxy) is 2. The van der Waals surface area contributed by atoms with E-state index in [9.17, 15) is 14.3 Å². The number of hydrogen-bond donors (Lipinski definition) is 2. The van der Waals surface area contributed by atoms with E-state index < -0.39 is 11.9 Å². The van der Waals surface area contributed by atoms with Crippen LogP contribution in [0, 0.1) is 5.82 Å². The van der Waals surface area contributed by atoms with Gasteiger partial charge >= 0.3 is 6.09 Å². The van der Waals surface area contributed by atoms with E-state index in [4.69, 9.17) is 9.47 Å². The Labute approximate surface area is 177 Å². The van der Waals surface area contributed by atoms with E-state index in [0.29, 0.717) is 55.2 Å². The van der Waals surface area contributed by atoms with Gasteiger partial charge in [-0.15, -0.1) is 0 Å². The van der Waals surface area contributed by atoms with Gasteiger partial charge in [0.1, 0.15) is 29.6 Å². The van der Waals surface area contributed by atoms with Crippen molar-refractivity contribution in [2.45, 2.75) is 18.9 Å². The van der Waals surface area contributed by atoms with Gasteiger partial charge in [0.2, 0.25) is 5.88 Å². The van der Waals surface area contributed by atoms with Gasteiger partial charge in [0, 0.05) is 38.5 Å². The Bertz CT molecular complexity index is 1080. The topological polar surface area (TPSA) is 114 Å². The third-order valence-electron chi connectivity index (χ3n) is 4.98. The van der Waals surface area contributed by atoms with Gasteiger partial charge in [-0.05, 0) is 25.0 Å². The second kappa shape index (κ2) is 9.13. The number of piperidine rings is 1. The maximum Gasteiger partial charge on any atom is 0.407 e. The molecule has 0 radical (unpaired) electrons. The number of carbonyl (C=O) groups is 1. The van der Waals surface area contributed by atoms with Gasteiger partial charge in [-0.1, -0.05) is 0 Å². The van der Waals surface area contributed by atoms with E-state index in [0.717, 1.165) is 12.8 Å². The number of hydrogen-bond acceptors (Lipinski definition) is 7. The summed E-state index contributed by atoms with van der Waals surface area (Å²) >= 11 is 0. The fourth-order valence-corrected chi connectivity index (χ4v) is 3.51. The van der Waals surface area contributed by atoms with Gasteiger partial charge < -0.3 is 24.8 Å². The molecule has 31 heavy (non-hydrogen) atoms. The molecule has 0 saturated carbocycles. The lowest BCUT2D eigenvalue weighted by Gasteiger charge is -2.31. The maximum atomic E-state index is 13.8. The van der Waals surface area contributed by atoms with Crippen molar-refractivity contribution in [3.05, 3.63) is 36.4 Å². The Morgan fingerprint density at radius 3 is 3.03 bits per heavy atom. The monoisotopic (exact) mass is 430 g/mol. The van der Waals surface area contributed by atoms with E-state index in [1.807, 2.05) is 0 Å². The predicted molar refractivity (Wildman–Crippen MR) is 110 cm³/mol. The molecule has 1 atom stereocenters. The summed E-state index contributed by atoms with van der Waals surface area (Å²) < 4.78 is 26.1. The average molecular weight is 430 g/mol. The molecule has 3 aromatic heterocycles. The third kappa shape index (κ3) is 4.82. The van der Waals surface area contributed by atoms with Crippen molar-refractivity contribution < 1.29 is 23.8 Å². The molecule has 4 heterocycles. The van der Waals surface area contributed by atoms with Crippen molar-refractivity contribution in [2.75, 3.05) is 38.7 Å². The number of carboxylic acid groups (broad SMARTS) is 1. The number of aromatic nitrogens is 4. The summed E-state index contributed by atoms with van der Waals surface area (Å²) in [6.45, 7) is 1.56. The lowest BCUT2D eigenvalue weighted by atomic mass is 10.1. The number of fused-ring (bicyclic) bond motifs is 1. The van der Waals surface area contributed by atoms with Crippen molar-refractivity contribution in [1.82, 2.24) is 24.3 Å². The molecule has 1 amide bonds. The molecule has 1 fully saturated rings. The number of pyridine rings is 1. The number of nitrogens with one attached hydrogen (secondary N) is 1. The van der Waals surface area contributed by atoms with Crippen LogP contribution in [0.4, 0.5) is 15.0 Å². The highest BCUT2D eigenvalue weighted by Crippen LogP contribution is 2.24. The first-order valence-corrected chi connectivity index (χ1v) is 9.91. The molecule has 3 aromatic rings. The molecule has 4 rings (SSSR count). The lowest BCUT2D eigenvalue weighted by Crippen LogP contribution is -2.44. The van der Waals surface area contributed by atoms with Gasteiger partial charge in [0.05, 0.1) is 12.8 Å². The van der Waals surface area contributed by atoms with Gasteiger partial charge in [0.25, 0.3) is 0 Å². The Morgan fingerprint density at radius 1 is 1.35 bits per heavy atom. The SMILES string of the molecule is COCCOc1cc(NC2CCCN(C(=O)O)C2)nc(-c2cnc3ccc(F)cn23)n1. The highest BCUT2D eigenvalue weighted by atomic mass is 19.1. The number of likely N-dealkylation sites (tertiary alicyclic amines) is 1. The molecular weight excluding hydrogens is 407 g/mol. The van der Waals surface area contributed by atoms with Crippen LogP contribution < -0.4 is 10.1 Å². The number of halogens is 1. The minimum atomic E-state index is -0.939. The molecule has 2 N–H and O–H groups in total. The normalized spacial score (nSPS) is 16.5. The van der Waals surface area contributed by atoms with Crippen molar-refractivity contribution >= 4 is 17.6 Å². The van der Waals surface area contributed by atoms with E-state index >= 15 is 0 Å². The first-order chi connectivity index (χ1) is 15.0. The van der Waals surface area contributed by atoms with Gasteiger partial charge in [-0.3, -0.25) is 4.40 Å².